The van der Waals surface area contributed by atoms with Gasteiger partial charge in [-0.2, -0.15) is 17.6 Å². The highest BCUT2D eigenvalue weighted by Crippen LogP contribution is 2.16. The molecule has 4 nitrogen and oxygen atoms in total. The first-order chi connectivity index (χ1) is 8.89. The molecule has 0 aliphatic carbocycles. The first-order valence-electron chi connectivity index (χ1n) is 6.25. The molecule has 1 aromatic heterocycles. The van der Waals surface area contributed by atoms with Gasteiger partial charge in [-0.25, -0.2) is 0 Å². The number of hydrogen-bond donors (Lipinski definition) is 0. The molecule has 0 radical (unpaired) electrons. The monoisotopic (exact) mass is 278 g/mol. The molecule has 0 aliphatic heterocycles. The molecule has 0 atom stereocenters. The van der Waals surface area contributed by atoms with Gasteiger partial charge in [-0.1, -0.05) is 26.0 Å². The molecule has 2 rings (SSSR count). The Hall–Kier alpha value is -1.62. The van der Waals surface area contributed by atoms with Crippen molar-refractivity contribution in [1.82, 2.24) is 9.19 Å². The Balaban J connectivity index is 2.31. The lowest BCUT2D eigenvalue weighted by Crippen LogP contribution is -2.13. The Morgan fingerprint density at radius 2 is 1.84 bits per heavy atom. The Bertz CT molecular complexity index is 655. The third kappa shape index (κ3) is 3.04. The molecule has 0 amide bonds. The number of hydrogen-bond acceptors (Lipinski definition) is 3. The van der Waals surface area contributed by atoms with E-state index in [1.54, 1.807) is 12.1 Å². The van der Waals surface area contributed by atoms with Crippen LogP contribution < -0.4 is 0 Å². The molecule has 0 spiro atoms. The van der Waals surface area contributed by atoms with E-state index in [1.807, 2.05) is 19.1 Å². The third-order valence-corrected chi connectivity index (χ3v) is 4.36. The van der Waals surface area contributed by atoms with Crippen molar-refractivity contribution in [1.29, 1.82) is 0 Å². The largest absolute Gasteiger partial charge is 0.282 e. The maximum Gasteiger partial charge on any atom is 0.282 e. The zero-order chi connectivity index (χ0) is 14.0. The lowest BCUT2D eigenvalue weighted by atomic mass is 10.0. The van der Waals surface area contributed by atoms with Gasteiger partial charge in [-0.15, -0.1) is 0 Å². The van der Waals surface area contributed by atoms with Gasteiger partial charge in [0.15, 0.2) is 0 Å². The lowest BCUT2D eigenvalue weighted by Gasteiger charge is -2.07. The topological polar surface area (TPSA) is 52.0 Å². The summed E-state index contributed by atoms with van der Waals surface area (Å²) in [5.74, 6) is 0.552. The van der Waals surface area contributed by atoms with E-state index < -0.39 is 10.0 Å². The van der Waals surface area contributed by atoms with Gasteiger partial charge in [-0.05, 0) is 42.5 Å². The van der Waals surface area contributed by atoms with Crippen LogP contribution in [0.2, 0.25) is 0 Å². The zero-order valence-electron chi connectivity index (χ0n) is 11.4. The number of benzene rings is 1. The van der Waals surface area contributed by atoms with Crippen LogP contribution in [-0.2, 0) is 16.4 Å². The quantitative estimate of drug-likeness (QED) is 0.864. The summed E-state index contributed by atoms with van der Waals surface area (Å²) in [6.45, 7) is 6.08. The maximum absolute atomic E-state index is 12.3. The Labute approximate surface area is 114 Å². The molecule has 0 saturated carbocycles. The summed E-state index contributed by atoms with van der Waals surface area (Å²) in [5.41, 5.74) is 1.96. The molecule has 2 aromatic rings. The summed E-state index contributed by atoms with van der Waals surface area (Å²) < 4.78 is 25.6. The van der Waals surface area contributed by atoms with Gasteiger partial charge in [0.1, 0.15) is 0 Å². The molecular weight excluding hydrogens is 260 g/mol. The van der Waals surface area contributed by atoms with Crippen molar-refractivity contribution in [2.45, 2.75) is 32.1 Å². The van der Waals surface area contributed by atoms with Gasteiger partial charge in [0.2, 0.25) is 0 Å². The summed E-state index contributed by atoms with van der Waals surface area (Å²) >= 11 is 0. The SMILES string of the molecule is Cc1cnn(S(=O)(=O)c2ccc(CC(C)C)cc2)c1. The molecule has 0 bridgehead atoms. The van der Waals surface area contributed by atoms with Crippen LogP contribution in [0.15, 0.2) is 41.6 Å². The van der Waals surface area contributed by atoms with Crippen molar-refractivity contribution in [3.05, 3.63) is 47.8 Å². The van der Waals surface area contributed by atoms with E-state index in [2.05, 4.69) is 18.9 Å². The number of aromatic nitrogens is 2. The molecular formula is C14H18N2O2S. The highest BCUT2D eigenvalue weighted by Gasteiger charge is 2.17. The summed E-state index contributed by atoms with van der Waals surface area (Å²) in [5, 5.41) is 3.86. The van der Waals surface area contributed by atoms with Crippen molar-refractivity contribution in [3.63, 3.8) is 0 Å². The third-order valence-electron chi connectivity index (χ3n) is 2.80. The standard InChI is InChI=1S/C14H18N2O2S/c1-11(2)8-13-4-6-14(7-5-13)19(17,18)16-10-12(3)9-15-16/h4-7,9-11H,8H2,1-3H3. The van der Waals surface area contributed by atoms with E-state index in [4.69, 9.17) is 0 Å². The van der Waals surface area contributed by atoms with Gasteiger partial charge in [-0.3, -0.25) is 0 Å². The molecule has 102 valence electrons. The lowest BCUT2D eigenvalue weighted by molar-refractivity contribution is 0.580. The van der Waals surface area contributed by atoms with Crippen molar-refractivity contribution >= 4 is 10.0 Å². The molecule has 0 unspecified atom stereocenters. The molecule has 0 saturated heterocycles. The van der Waals surface area contributed by atoms with Gasteiger partial charge >= 0.3 is 0 Å². The molecule has 0 fully saturated rings. The first-order valence-corrected chi connectivity index (χ1v) is 7.69. The second-order valence-corrected chi connectivity index (χ2v) is 6.93. The summed E-state index contributed by atoms with van der Waals surface area (Å²) in [4.78, 5) is 0.267. The predicted octanol–water partition coefficient (Wildman–Crippen LogP) is 2.63. The van der Waals surface area contributed by atoms with Crippen molar-refractivity contribution in [2.24, 2.45) is 5.92 Å². The van der Waals surface area contributed by atoms with Crippen LogP contribution in [0.1, 0.15) is 25.0 Å². The zero-order valence-corrected chi connectivity index (χ0v) is 12.2. The van der Waals surface area contributed by atoms with Gasteiger partial charge in [0, 0.05) is 6.20 Å². The van der Waals surface area contributed by atoms with Gasteiger partial charge in [0.25, 0.3) is 10.0 Å². The summed E-state index contributed by atoms with van der Waals surface area (Å²) in [6.07, 6.45) is 3.99. The molecule has 19 heavy (non-hydrogen) atoms. The Morgan fingerprint density at radius 1 is 1.21 bits per heavy atom. The first kappa shape index (κ1) is 13.8. The van der Waals surface area contributed by atoms with Crippen molar-refractivity contribution < 1.29 is 8.42 Å². The van der Waals surface area contributed by atoms with E-state index in [0.717, 1.165) is 21.6 Å². The minimum atomic E-state index is -3.56. The van der Waals surface area contributed by atoms with Crippen LogP contribution in [0.3, 0.4) is 0 Å². The van der Waals surface area contributed by atoms with E-state index in [0.29, 0.717) is 5.92 Å². The Morgan fingerprint density at radius 3 is 2.32 bits per heavy atom. The molecule has 1 aromatic carbocycles. The van der Waals surface area contributed by atoms with Crippen LogP contribution in [0.5, 0.6) is 0 Å². The summed E-state index contributed by atoms with van der Waals surface area (Å²) in [7, 11) is -3.56. The fourth-order valence-corrected chi connectivity index (χ4v) is 3.07. The molecule has 5 heteroatoms. The van der Waals surface area contributed by atoms with Crippen LogP contribution in [0, 0.1) is 12.8 Å². The second-order valence-electron chi connectivity index (χ2n) is 5.14. The molecule has 0 N–H and O–H groups in total. The van der Waals surface area contributed by atoms with E-state index >= 15 is 0 Å². The summed E-state index contributed by atoms with van der Waals surface area (Å²) in [6, 6.07) is 7.01. The van der Waals surface area contributed by atoms with Crippen LogP contribution >= 0.6 is 0 Å². The Kier molecular flexibility index (Phi) is 3.75. The highest BCUT2D eigenvalue weighted by atomic mass is 32.2. The fraction of sp³-hybridized carbons (Fsp3) is 0.357. The normalized spacial score (nSPS) is 12.0. The van der Waals surface area contributed by atoms with E-state index in [-0.39, 0.29) is 4.90 Å². The fourth-order valence-electron chi connectivity index (χ4n) is 1.90. The minimum absolute atomic E-state index is 0.267. The minimum Gasteiger partial charge on any atom is -0.199 e. The average molecular weight is 278 g/mol. The van der Waals surface area contributed by atoms with E-state index in [9.17, 15) is 8.42 Å². The number of aryl methyl sites for hydroxylation is 1. The number of rotatable bonds is 4. The maximum atomic E-state index is 12.3. The molecule has 0 aliphatic rings. The van der Waals surface area contributed by atoms with Gasteiger partial charge < -0.3 is 0 Å². The number of nitrogens with zero attached hydrogens (tertiary/aromatic N) is 2. The average Bonchev–Trinajstić information content (AvgIpc) is 2.76. The van der Waals surface area contributed by atoms with E-state index in [1.165, 1.54) is 12.4 Å². The second kappa shape index (κ2) is 5.17. The van der Waals surface area contributed by atoms with Crippen LogP contribution in [0.25, 0.3) is 0 Å². The van der Waals surface area contributed by atoms with Crippen molar-refractivity contribution in [2.75, 3.05) is 0 Å². The van der Waals surface area contributed by atoms with Crippen LogP contribution in [0.4, 0.5) is 0 Å². The predicted molar refractivity (Wildman–Crippen MR) is 74.5 cm³/mol. The van der Waals surface area contributed by atoms with Crippen molar-refractivity contribution in [3.8, 4) is 0 Å². The molecule has 1 heterocycles. The van der Waals surface area contributed by atoms with Crippen LogP contribution in [-0.4, -0.2) is 17.6 Å². The smallest absolute Gasteiger partial charge is 0.199 e. The highest BCUT2D eigenvalue weighted by molar-refractivity contribution is 7.89. The van der Waals surface area contributed by atoms with Gasteiger partial charge in [0.05, 0.1) is 11.1 Å².